The highest BCUT2D eigenvalue weighted by Gasteiger charge is 2.43. The Kier molecular flexibility index (Phi) is 13.3. The molecule has 0 radical (unpaired) electrons. The molecule has 17 heteroatoms. The third kappa shape index (κ3) is 8.73. The van der Waals surface area contributed by atoms with Gasteiger partial charge in [-0.05, 0) is 23.8 Å². The molecule has 16 nitrogen and oxygen atoms in total. The fourth-order valence-electron chi connectivity index (χ4n) is 5.32. The molecule has 4 unspecified atom stereocenters. The maximum atomic E-state index is 13.2. The molecule has 0 bridgehead atoms. The van der Waals surface area contributed by atoms with Gasteiger partial charge in [-0.15, -0.1) is 11.8 Å². The summed E-state index contributed by atoms with van der Waals surface area (Å²) in [5, 5.41) is 24.7. The van der Waals surface area contributed by atoms with Crippen molar-refractivity contribution in [2.45, 2.75) is 49.5 Å². The quantitative estimate of drug-likeness (QED) is 0.0642. The van der Waals surface area contributed by atoms with E-state index in [1.54, 1.807) is 24.0 Å². The summed E-state index contributed by atoms with van der Waals surface area (Å²) in [6.07, 6.45) is 7.54. The Labute approximate surface area is 270 Å². The maximum absolute atomic E-state index is 13.2. The van der Waals surface area contributed by atoms with Crippen LogP contribution in [0.25, 0.3) is 6.08 Å². The van der Waals surface area contributed by atoms with Crippen molar-refractivity contribution >= 4 is 60.6 Å². The molecule has 6 amide bonds. The highest BCUT2D eigenvalue weighted by Crippen LogP contribution is 2.42. The van der Waals surface area contributed by atoms with Crippen LogP contribution in [0, 0.1) is 5.92 Å². The molecule has 3 rings (SSSR count). The summed E-state index contributed by atoms with van der Waals surface area (Å²) in [6.45, 7) is 4.38. The second-order valence-corrected chi connectivity index (χ2v) is 11.8. The number of nitrogens with zero attached hydrogens (tertiary/aromatic N) is 2. The SMILES string of the molecule is CCC(C)C(NC(=O)CNC(=O)C(Cc1c(SC)[nH]c2c1C=CC2(O)N1CCN(C=O)CC1)NC=O)C(=O)NCC(=O)NCC=O. The van der Waals surface area contributed by atoms with E-state index in [0.717, 1.165) is 6.41 Å². The van der Waals surface area contributed by atoms with E-state index in [1.165, 1.54) is 11.8 Å². The van der Waals surface area contributed by atoms with E-state index >= 15 is 0 Å². The van der Waals surface area contributed by atoms with Crippen molar-refractivity contribution in [3.8, 4) is 0 Å². The Morgan fingerprint density at radius 3 is 2.33 bits per heavy atom. The number of thioether (sulfide) groups is 1. The number of aromatic amines is 1. The first kappa shape index (κ1) is 36.3. The summed E-state index contributed by atoms with van der Waals surface area (Å²) in [5.74, 6) is -2.75. The largest absolute Gasteiger partial charge is 0.367 e. The van der Waals surface area contributed by atoms with Gasteiger partial charge in [-0.25, -0.2) is 0 Å². The second kappa shape index (κ2) is 16.9. The molecule has 0 saturated carbocycles. The molecule has 4 atom stereocenters. The van der Waals surface area contributed by atoms with E-state index in [-0.39, 0.29) is 25.4 Å². The summed E-state index contributed by atoms with van der Waals surface area (Å²) >= 11 is 1.38. The van der Waals surface area contributed by atoms with Crippen LogP contribution in [-0.4, -0.2) is 127 Å². The fraction of sp³-hybridized carbons (Fsp3) is 0.552. The number of nitrogens with one attached hydrogen (secondary N) is 6. The van der Waals surface area contributed by atoms with E-state index in [9.17, 15) is 38.7 Å². The average molecular weight is 663 g/mol. The number of rotatable bonds is 18. The highest BCUT2D eigenvalue weighted by atomic mass is 32.2. The lowest BCUT2D eigenvalue weighted by atomic mass is 9.98. The number of hydrogen-bond donors (Lipinski definition) is 7. The first-order valence-electron chi connectivity index (χ1n) is 14.9. The molecule has 252 valence electrons. The molecule has 1 aromatic rings. The molecule has 46 heavy (non-hydrogen) atoms. The van der Waals surface area contributed by atoms with Crippen LogP contribution in [0.15, 0.2) is 11.1 Å². The molecule has 1 aromatic heterocycles. The molecule has 2 aliphatic rings. The molecule has 1 aliphatic heterocycles. The number of H-pyrrole nitrogens is 1. The minimum Gasteiger partial charge on any atom is -0.367 e. The van der Waals surface area contributed by atoms with Crippen LogP contribution in [0.4, 0.5) is 0 Å². The Balaban J connectivity index is 1.66. The average Bonchev–Trinajstić information content (AvgIpc) is 3.60. The van der Waals surface area contributed by atoms with Gasteiger partial charge >= 0.3 is 0 Å². The van der Waals surface area contributed by atoms with Crippen LogP contribution < -0.4 is 26.6 Å². The Morgan fingerprint density at radius 1 is 1.04 bits per heavy atom. The summed E-state index contributed by atoms with van der Waals surface area (Å²) in [5.41, 5.74) is 0.492. The van der Waals surface area contributed by atoms with E-state index in [2.05, 4.69) is 31.6 Å². The fourth-order valence-corrected chi connectivity index (χ4v) is 5.96. The standard InChI is InChI=1S/C29H42N8O8S/c1-4-18(2)24(27(44)32-14-22(41)30-7-12-38)34-23(42)15-31-26(43)21(33-16-39)13-20-19-5-6-29(45,25(19)35-28(20)46-3)37-10-8-36(17-40)9-11-37/h5-6,12,16-18,21,24,35,45H,4,7-11,13-15H2,1-3H3,(H,30,41)(H,31,43)(H,32,44)(H,33,39)(H,34,42). The number of carbonyl (C=O) groups is 7. The first-order chi connectivity index (χ1) is 22.0. The van der Waals surface area contributed by atoms with E-state index in [4.69, 9.17) is 0 Å². The van der Waals surface area contributed by atoms with Crippen molar-refractivity contribution in [3.63, 3.8) is 0 Å². The monoisotopic (exact) mass is 662 g/mol. The van der Waals surface area contributed by atoms with Gasteiger partial charge in [0.25, 0.3) is 0 Å². The third-order valence-corrected chi connectivity index (χ3v) is 8.90. The normalized spacial score (nSPS) is 19.3. The number of fused-ring (bicyclic) bond motifs is 1. The van der Waals surface area contributed by atoms with E-state index < -0.39 is 48.0 Å². The first-order valence-corrected chi connectivity index (χ1v) is 16.1. The molecule has 1 fully saturated rings. The highest BCUT2D eigenvalue weighted by molar-refractivity contribution is 7.98. The minimum atomic E-state index is -1.43. The molecule has 2 heterocycles. The van der Waals surface area contributed by atoms with Crippen molar-refractivity contribution in [2.24, 2.45) is 5.92 Å². The Bertz CT molecular complexity index is 1330. The smallest absolute Gasteiger partial charge is 0.243 e. The number of amides is 6. The summed E-state index contributed by atoms with van der Waals surface area (Å²) < 4.78 is 0. The van der Waals surface area contributed by atoms with Crippen molar-refractivity contribution in [2.75, 3.05) is 52.1 Å². The van der Waals surface area contributed by atoms with Crippen LogP contribution in [0.2, 0.25) is 0 Å². The van der Waals surface area contributed by atoms with Gasteiger partial charge in [-0.2, -0.15) is 0 Å². The van der Waals surface area contributed by atoms with Crippen LogP contribution in [0.3, 0.4) is 0 Å². The third-order valence-electron chi connectivity index (χ3n) is 8.14. The van der Waals surface area contributed by atoms with Gasteiger partial charge in [-0.1, -0.05) is 26.3 Å². The Hall–Kier alpha value is -4.22. The van der Waals surface area contributed by atoms with Crippen LogP contribution >= 0.6 is 11.8 Å². The topological polar surface area (TPSA) is 222 Å². The summed E-state index contributed by atoms with van der Waals surface area (Å²) in [4.78, 5) is 90.2. The summed E-state index contributed by atoms with van der Waals surface area (Å²) in [7, 11) is 0. The zero-order chi connectivity index (χ0) is 33.9. The molecule has 0 aromatic carbocycles. The lowest BCUT2D eigenvalue weighted by Gasteiger charge is -2.40. The molecule has 0 spiro atoms. The van der Waals surface area contributed by atoms with E-state index in [0.29, 0.717) is 67.1 Å². The number of hydrogen-bond acceptors (Lipinski definition) is 10. The van der Waals surface area contributed by atoms with Gasteiger partial charge in [0.2, 0.25) is 36.4 Å². The number of aldehydes is 1. The maximum Gasteiger partial charge on any atom is 0.243 e. The van der Waals surface area contributed by atoms with Gasteiger partial charge in [-0.3, -0.25) is 33.7 Å². The summed E-state index contributed by atoms with van der Waals surface area (Å²) in [6, 6.07) is -2.05. The Morgan fingerprint density at radius 2 is 1.72 bits per heavy atom. The predicted octanol–water partition coefficient (Wildman–Crippen LogP) is -2.58. The van der Waals surface area contributed by atoms with Gasteiger partial charge in [0.05, 0.1) is 30.4 Å². The molecule has 1 aliphatic carbocycles. The predicted molar refractivity (Wildman–Crippen MR) is 168 cm³/mol. The zero-order valence-electron chi connectivity index (χ0n) is 26.1. The molecule has 7 N–H and O–H groups in total. The number of piperazine rings is 1. The molecular formula is C29H42N8O8S. The number of aromatic nitrogens is 1. The van der Waals surface area contributed by atoms with Crippen molar-refractivity contribution in [3.05, 3.63) is 22.9 Å². The number of aliphatic hydroxyl groups is 1. The minimum absolute atomic E-state index is 0.0532. The van der Waals surface area contributed by atoms with Crippen LogP contribution in [0.1, 0.15) is 37.1 Å². The van der Waals surface area contributed by atoms with Crippen LogP contribution in [0.5, 0.6) is 0 Å². The van der Waals surface area contributed by atoms with E-state index in [1.807, 2.05) is 18.1 Å². The van der Waals surface area contributed by atoms with Crippen molar-refractivity contribution in [1.29, 1.82) is 0 Å². The zero-order valence-corrected chi connectivity index (χ0v) is 26.9. The number of carbonyl (C=O) groups excluding carboxylic acids is 7. The van der Waals surface area contributed by atoms with Crippen molar-refractivity contribution in [1.82, 2.24) is 41.4 Å². The second-order valence-electron chi connectivity index (χ2n) is 11.0. The molecule has 1 saturated heterocycles. The van der Waals surface area contributed by atoms with Gasteiger partial charge in [0, 0.05) is 38.2 Å². The van der Waals surface area contributed by atoms with Crippen molar-refractivity contribution < 1.29 is 38.7 Å². The lowest BCUT2D eigenvalue weighted by Crippen LogP contribution is -2.54. The van der Waals surface area contributed by atoms with Crippen LogP contribution in [-0.2, 0) is 45.7 Å². The molecular weight excluding hydrogens is 620 g/mol. The lowest BCUT2D eigenvalue weighted by molar-refractivity contribution is -0.132. The van der Waals surface area contributed by atoms with Gasteiger partial charge in [0.1, 0.15) is 18.4 Å². The van der Waals surface area contributed by atoms with Gasteiger partial charge < -0.3 is 46.4 Å². The van der Waals surface area contributed by atoms with Gasteiger partial charge in [0.15, 0.2) is 5.72 Å².